The molecule has 0 bridgehead atoms. The summed E-state index contributed by atoms with van der Waals surface area (Å²) < 4.78 is 4.45. The molecule has 1 aliphatic heterocycles. The van der Waals surface area contributed by atoms with Crippen molar-refractivity contribution < 1.29 is 4.98 Å². The zero-order valence-electron chi connectivity index (χ0n) is 18.5. The average Bonchev–Trinajstić information content (AvgIpc) is 3.19. The molecule has 1 aromatic carbocycles. The molecule has 33 heavy (non-hydrogen) atoms. The monoisotopic (exact) mass is 466 g/mol. The molecule has 0 atom stereocenters. The molecule has 0 radical (unpaired) electrons. The molecule has 0 amide bonds. The molecule has 0 aliphatic carbocycles. The van der Waals surface area contributed by atoms with Gasteiger partial charge in [0.25, 0.3) is 11.4 Å². The standard InChI is InChI=1S/C23H24ClN7O2/c1-27-19-20(26-22(27)30-13-11-29(12-14-30)18-9-5-6-10-25-18)28(2)23(33)31(21(19)32)15-16-7-3-4-8-17(16)24/h3-10H,11-15H2,1-2H3/p+1. The van der Waals surface area contributed by atoms with Gasteiger partial charge in [-0.3, -0.25) is 18.8 Å². The van der Waals surface area contributed by atoms with Gasteiger partial charge in [-0.05, 0) is 17.7 Å². The molecule has 1 aliphatic rings. The Hall–Kier alpha value is -3.59. The van der Waals surface area contributed by atoms with Gasteiger partial charge in [-0.1, -0.05) is 35.9 Å². The van der Waals surface area contributed by atoms with E-state index in [9.17, 15) is 9.59 Å². The van der Waals surface area contributed by atoms with Crippen LogP contribution in [0.5, 0.6) is 0 Å². The van der Waals surface area contributed by atoms with Gasteiger partial charge in [-0.15, -0.1) is 0 Å². The number of aryl methyl sites for hydroxylation is 2. The Kier molecular flexibility index (Phi) is 5.41. The second-order valence-electron chi connectivity index (χ2n) is 8.19. The van der Waals surface area contributed by atoms with Crippen molar-refractivity contribution >= 4 is 34.5 Å². The van der Waals surface area contributed by atoms with E-state index in [0.717, 1.165) is 32.0 Å². The molecule has 5 rings (SSSR count). The summed E-state index contributed by atoms with van der Waals surface area (Å²) in [6.45, 7) is 3.25. The number of halogens is 1. The number of fused-ring (bicyclic) bond motifs is 1. The fourth-order valence-electron chi connectivity index (χ4n) is 4.38. The van der Waals surface area contributed by atoms with Crippen molar-refractivity contribution in [3.8, 4) is 0 Å². The molecule has 10 heteroatoms. The van der Waals surface area contributed by atoms with E-state index in [1.165, 1.54) is 9.13 Å². The van der Waals surface area contributed by atoms with Gasteiger partial charge >= 0.3 is 5.69 Å². The highest BCUT2D eigenvalue weighted by Crippen LogP contribution is 2.21. The van der Waals surface area contributed by atoms with Gasteiger partial charge in [0.2, 0.25) is 5.95 Å². The smallest absolute Gasteiger partial charge is 0.332 e. The maximum atomic E-state index is 13.4. The number of anilines is 2. The quantitative estimate of drug-likeness (QED) is 0.452. The molecule has 0 spiro atoms. The van der Waals surface area contributed by atoms with Crippen LogP contribution in [0.2, 0.25) is 5.02 Å². The summed E-state index contributed by atoms with van der Waals surface area (Å²) in [5, 5.41) is 0.519. The maximum Gasteiger partial charge on any atom is 0.332 e. The number of hydrogen-bond acceptors (Lipinski definition) is 5. The third-order valence-corrected chi connectivity index (χ3v) is 6.59. The molecule has 0 unspecified atom stereocenters. The molecule has 1 fully saturated rings. The fraction of sp³-hybridized carbons (Fsp3) is 0.304. The number of H-pyrrole nitrogens is 1. The molecular weight excluding hydrogens is 442 g/mol. The van der Waals surface area contributed by atoms with Crippen LogP contribution in [0.1, 0.15) is 5.56 Å². The van der Waals surface area contributed by atoms with E-state index in [4.69, 9.17) is 16.6 Å². The van der Waals surface area contributed by atoms with Crippen LogP contribution >= 0.6 is 11.6 Å². The minimum Gasteiger partial charge on any atom is -0.334 e. The van der Waals surface area contributed by atoms with Crippen LogP contribution in [-0.4, -0.2) is 44.9 Å². The Morgan fingerprint density at radius 1 is 0.939 bits per heavy atom. The number of aromatic amines is 1. The number of pyridine rings is 1. The number of nitrogens with one attached hydrogen (secondary N) is 1. The molecule has 4 aromatic rings. The van der Waals surface area contributed by atoms with Gasteiger partial charge in [0.05, 0.1) is 25.8 Å². The zero-order chi connectivity index (χ0) is 23.1. The molecular formula is C23H25ClN7O2+. The average molecular weight is 467 g/mol. The van der Waals surface area contributed by atoms with Gasteiger partial charge < -0.3 is 9.47 Å². The molecule has 170 valence electrons. The lowest BCUT2D eigenvalue weighted by molar-refractivity contribution is -0.364. The highest BCUT2D eigenvalue weighted by molar-refractivity contribution is 6.31. The second kappa shape index (κ2) is 8.40. The Labute approximate surface area is 195 Å². The first-order valence-electron chi connectivity index (χ1n) is 10.8. The molecule has 4 heterocycles. The van der Waals surface area contributed by atoms with Crippen LogP contribution in [0.25, 0.3) is 11.2 Å². The van der Waals surface area contributed by atoms with E-state index in [2.05, 4.69) is 20.9 Å². The van der Waals surface area contributed by atoms with Gasteiger partial charge in [0.15, 0.2) is 11.2 Å². The minimum atomic E-state index is -0.415. The van der Waals surface area contributed by atoms with Crippen LogP contribution < -0.4 is 26.0 Å². The summed E-state index contributed by atoms with van der Waals surface area (Å²) in [7, 11) is 3.47. The SMILES string of the molecule is Cn1c(N2CCN(c3cccc[nH+]3)CC2)nc2c1c(=O)n(Cc1ccccc1Cl)c(=O)n2C. The Morgan fingerprint density at radius 2 is 1.64 bits per heavy atom. The summed E-state index contributed by atoms with van der Waals surface area (Å²) in [4.78, 5) is 38.8. The number of piperazine rings is 1. The first kappa shape index (κ1) is 21.3. The van der Waals surface area contributed by atoms with Crippen LogP contribution in [0.15, 0.2) is 58.3 Å². The predicted molar refractivity (Wildman–Crippen MR) is 128 cm³/mol. The molecule has 0 saturated carbocycles. The van der Waals surface area contributed by atoms with Gasteiger partial charge in [-0.2, -0.15) is 4.98 Å². The van der Waals surface area contributed by atoms with E-state index in [0.29, 0.717) is 27.7 Å². The van der Waals surface area contributed by atoms with Gasteiger partial charge in [0.1, 0.15) is 13.1 Å². The summed E-state index contributed by atoms with van der Waals surface area (Å²) in [5.74, 6) is 1.76. The van der Waals surface area contributed by atoms with Gasteiger partial charge in [0, 0.05) is 25.2 Å². The molecule has 1 N–H and O–H groups in total. The van der Waals surface area contributed by atoms with Crippen LogP contribution in [0.3, 0.4) is 0 Å². The Balaban J connectivity index is 1.50. The number of nitrogens with zero attached hydrogens (tertiary/aromatic N) is 6. The number of imidazole rings is 1. The van der Waals surface area contributed by atoms with Crippen molar-refractivity contribution in [1.29, 1.82) is 0 Å². The minimum absolute atomic E-state index is 0.105. The lowest BCUT2D eigenvalue weighted by Gasteiger charge is -2.31. The van der Waals surface area contributed by atoms with Crippen molar-refractivity contribution in [3.63, 3.8) is 0 Å². The van der Waals surface area contributed by atoms with Crippen molar-refractivity contribution in [2.24, 2.45) is 14.1 Å². The van der Waals surface area contributed by atoms with Gasteiger partial charge in [-0.25, -0.2) is 9.78 Å². The second-order valence-corrected chi connectivity index (χ2v) is 8.60. The van der Waals surface area contributed by atoms with Crippen molar-refractivity contribution in [3.05, 3.63) is 80.1 Å². The number of hydrogen-bond donors (Lipinski definition) is 0. The van der Waals surface area contributed by atoms with E-state index < -0.39 is 5.69 Å². The summed E-state index contributed by atoms with van der Waals surface area (Å²) in [5.41, 5.74) is 0.719. The highest BCUT2D eigenvalue weighted by Gasteiger charge is 2.27. The van der Waals surface area contributed by atoms with Crippen molar-refractivity contribution in [1.82, 2.24) is 18.7 Å². The third-order valence-electron chi connectivity index (χ3n) is 6.22. The van der Waals surface area contributed by atoms with Crippen LogP contribution in [0.4, 0.5) is 11.8 Å². The third kappa shape index (κ3) is 3.68. The first-order chi connectivity index (χ1) is 16.0. The number of rotatable bonds is 4. The summed E-state index contributed by atoms with van der Waals surface area (Å²) in [6.07, 6.45) is 1.92. The Morgan fingerprint density at radius 3 is 2.33 bits per heavy atom. The molecule has 3 aromatic heterocycles. The highest BCUT2D eigenvalue weighted by atomic mass is 35.5. The number of aromatic nitrogens is 5. The zero-order valence-corrected chi connectivity index (χ0v) is 19.3. The topological polar surface area (TPSA) is 82.4 Å². The number of benzene rings is 1. The van der Waals surface area contributed by atoms with E-state index in [1.54, 1.807) is 17.7 Å². The predicted octanol–water partition coefficient (Wildman–Crippen LogP) is 1.28. The lowest BCUT2D eigenvalue weighted by atomic mass is 10.2. The van der Waals surface area contributed by atoms with Crippen molar-refractivity contribution in [2.75, 3.05) is 36.0 Å². The first-order valence-corrected chi connectivity index (χ1v) is 11.2. The summed E-state index contributed by atoms with van der Waals surface area (Å²) >= 11 is 6.28. The molecule has 1 saturated heterocycles. The van der Waals surface area contributed by atoms with Crippen LogP contribution in [-0.2, 0) is 20.6 Å². The largest absolute Gasteiger partial charge is 0.334 e. The van der Waals surface area contributed by atoms with E-state index >= 15 is 0 Å². The fourth-order valence-corrected chi connectivity index (χ4v) is 4.57. The summed E-state index contributed by atoms with van der Waals surface area (Å²) in [6, 6.07) is 13.3. The lowest BCUT2D eigenvalue weighted by Crippen LogP contribution is -2.48. The normalized spacial score (nSPS) is 14.3. The Bertz CT molecular complexity index is 1430. The van der Waals surface area contributed by atoms with E-state index in [-0.39, 0.29) is 12.1 Å². The molecule has 9 nitrogen and oxygen atoms in total. The van der Waals surface area contributed by atoms with Crippen LogP contribution in [0, 0.1) is 0 Å². The maximum absolute atomic E-state index is 13.4. The van der Waals surface area contributed by atoms with E-state index in [1.807, 2.05) is 43.6 Å². The van der Waals surface area contributed by atoms with Crippen molar-refractivity contribution in [2.45, 2.75) is 6.54 Å².